The summed E-state index contributed by atoms with van der Waals surface area (Å²) >= 11 is 0. The molecule has 3 N–H and O–H groups in total. The number of benzene rings is 1. The molecule has 0 unspecified atom stereocenters. The molecule has 0 saturated carbocycles. The van der Waals surface area contributed by atoms with Gasteiger partial charge in [-0.15, -0.1) is 9.36 Å². The van der Waals surface area contributed by atoms with Crippen LogP contribution in [0.3, 0.4) is 0 Å². The number of carbonyl (C=O) groups is 1. The summed E-state index contributed by atoms with van der Waals surface area (Å²) in [5.41, 5.74) is 0.279. The highest BCUT2D eigenvalue weighted by Gasteiger charge is 2.15. The summed E-state index contributed by atoms with van der Waals surface area (Å²) in [6.45, 7) is 0.0434. The topological polar surface area (TPSA) is 85.0 Å². The quantitative estimate of drug-likeness (QED) is 0.349. The van der Waals surface area contributed by atoms with Crippen LogP contribution in [0.2, 0.25) is 0 Å². The number of rotatable bonds is 3. The lowest BCUT2D eigenvalue weighted by Crippen LogP contribution is -3.00. The minimum Gasteiger partial charge on any atom is -1.00 e. The minimum atomic E-state index is -0.221. The van der Waals surface area contributed by atoms with Crippen LogP contribution in [0.5, 0.6) is 5.75 Å². The molecule has 0 bridgehead atoms. The van der Waals surface area contributed by atoms with Gasteiger partial charge in [-0.05, 0) is 12.1 Å². The molecule has 0 aliphatic carbocycles. The van der Waals surface area contributed by atoms with E-state index >= 15 is 0 Å². The lowest BCUT2D eigenvalue weighted by atomic mass is 10.1. The normalized spacial score (nSPS) is 9.65. The van der Waals surface area contributed by atoms with E-state index in [2.05, 4.69) is 5.10 Å². The van der Waals surface area contributed by atoms with Gasteiger partial charge in [0.2, 0.25) is 12.1 Å². The fourth-order valence-electron chi connectivity index (χ4n) is 1.36. The monoisotopic (exact) mass is 298 g/mol. The SMILES string of the molecule is N[n+]1cnn(CC(=O)c2ccccc2O)c1.[Br-]. The number of ketones is 1. The lowest BCUT2D eigenvalue weighted by Gasteiger charge is -1.99. The number of Topliss-reactive ketones (excluding diaryl/α,β-unsaturated/α-hetero) is 1. The zero-order valence-corrected chi connectivity index (χ0v) is 10.4. The number of para-hydroxylation sites is 1. The van der Waals surface area contributed by atoms with E-state index < -0.39 is 0 Å². The number of phenolic OH excluding ortho intramolecular Hbond substituents is 1. The van der Waals surface area contributed by atoms with Crippen LogP contribution in [-0.2, 0) is 6.54 Å². The summed E-state index contributed by atoms with van der Waals surface area (Å²) in [5, 5.41) is 13.3. The molecule has 2 aromatic rings. The predicted octanol–water partition coefficient (Wildman–Crippen LogP) is -3.52. The van der Waals surface area contributed by atoms with E-state index in [1.54, 1.807) is 18.2 Å². The Labute approximate surface area is 108 Å². The second-order valence-corrected chi connectivity index (χ2v) is 3.33. The van der Waals surface area contributed by atoms with Crippen molar-refractivity contribution in [1.82, 2.24) is 9.78 Å². The highest BCUT2D eigenvalue weighted by molar-refractivity contribution is 5.98. The smallest absolute Gasteiger partial charge is 0.286 e. The van der Waals surface area contributed by atoms with Crippen molar-refractivity contribution in [2.45, 2.75) is 6.54 Å². The lowest BCUT2D eigenvalue weighted by molar-refractivity contribution is -0.639. The van der Waals surface area contributed by atoms with Crippen LogP contribution in [0.1, 0.15) is 10.4 Å². The van der Waals surface area contributed by atoms with Crippen molar-refractivity contribution in [1.29, 1.82) is 0 Å². The van der Waals surface area contributed by atoms with Crippen molar-refractivity contribution in [3.05, 3.63) is 42.5 Å². The van der Waals surface area contributed by atoms with Gasteiger partial charge in [0.15, 0.2) is 6.54 Å². The van der Waals surface area contributed by atoms with Crippen molar-refractivity contribution in [3.8, 4) is 5.75 Å². The van der Waals surface area contributed by atoms with Gasteiger partial charge < -0.3 is 22.1 Å². The Morgan fingerprint density at radius 3 is 2.76 bits per heavy atom. The summed E-state index contributed by atoms with van der Waals surface area (Å²) in [5.74, 6) is 5.15. The molecule has 1 heterocycles. The average Bonchev–Trinajstić information content (AvgIpc) is 2.64. The zero-order valence-electron chi connectivity index (χ0n) is 8.82. The maximum absolute atomic E-state index is 11.8. The standard InChI is InChI=1S/C10H10N4O2.BrH/c11-13-6-12-14(7-13)5-10(16)8-3-1-2-4-9(8)15;/h1-4,6-7H,5,11H2;1H. The molecule has 0 radical (unpaired) electrons. The van der Waals surface area contributed by atoms with Crippen LogP contribution in [0.15, 0.2) is 36.9 Å². The Bertz CT molecular complexity index is 527. The maximum Gasteiger partial charge on any atom is 0.286 e. The maximum atomic E-state index is 11.8. The summed E-state index contributed by atoms with van der Waals surface area (Å²) in [6, 6.07) is 6.39. The Kier molecular flexibility index (Phi) is 4.22. The molecule has 0 aliphatic rings. The molecule has 17 heavy (non-hydrogen) atoms. The molecule has 0 aliphatic heterocycles. The Hall–Kier alpha value is -1.89. The van der Waals surface area contributed by atoms with Crippen LogP contribution in [-0.4, -0.2) is 20.7 Å². The number of hydrogen-bond acceptors (Lipinski definition) is 4. The molecule has 6 nitrogen and oxygen atoms in total. The van der Waals surface area contributed by atoms with Crippen LogP contribution in [0.25, 0.3) is 0 Å². The van der Waals surface area contributed by atoms with Crippen molar-refractivity contribution in [2.24, 2.45) is 0 Å². The average molecular weight is 299 g/mol. The fraction of sp³-hybridized carbons (Fsp3) is 0.100. The summed E-state index contributed by atoms with van der Waals surface area (Å²) in [6.07, 6.45) is 2.87. The first-order chi connectivity index (χ1) is 7.66. The molecular weight excluding hydrogens is 288 g/mol. The molecule has 0 atom stereocenters. The Morgan fingerprint density at radius 1 is 1.47 bits per heavy atom. The van der Waals surface area contributed by atoms with E-state index in [1.807, 2.05) is 0 Å². The fourth-order valence-corrected chi connectivity index (χ4v) is 1.36. The van der Waals surface area contributed by atoms with Gasteiger partial charge in [0.05, 0.1) is 5.56 Å². The van der Waals surface area contributed by atoms with Crippen LogP contribution >= 0.6 is 0 Å². The first-order valence-electron chi connectivity index (χ1n) is 4.67. The second-order valence-electron chi connectivity index (χ2n) is 3.33. The number of halogens is 1. The molecule has 2 rings (SSSR count). The third-order valence-electron chi connectivity index (χ3n) is 2.11. The van der Waals surface area contributed by atoms with Crippen molar-refractivity contribution >= 4 is 5.78 Å². The molecule has 1 aromatic heterocycles. The van der Waals surface area contributed by atoms with Crippen molar-refractivity contribution in [2.75, 3.05) is 5.84 Å². The van der Waals surface area contributed by atoms with E-state index in [4.69, 9.17) is 5.84 Å². The number of aromatic nitrogens is 3. The molecule has 0 fully saturated rings. The van der Waals surface area contributed by atoms with Gasteiger partial charge in [0.25, 0.3) is 6.33 Å². The molecular formula is C10H11BrN4O2. The molecule has 0 amide bonds. The van der Waals surface area contributed by atoms with Gasteiger partial charge in [0.1, 0.15) is 5.75 Å². The minimum absolute atomic E-state index is 0. The number of aromatic hydroxyl groups is 1. The van der Waals surface area contributed by atoms with E-state index in [0.29, 0.717) is 0 Å². The largest absolute Gasteiger partial charge is 1.00 e. The highest BCUT2D eigenvalue weighted by atomic mass is 79.9. The zero-order chi connectivity index (χ0) is 11.5. The van der Waals surface area contributed by atoms with Gasteiger partial charge in [0, 0.05) is 5.10 Å². The Morgan fingerprint density at radius 2 is 2.18 bits per heavy atom. The first-order valence-corrected chi connectivity index (χ1v) is 4.67. The van der Waals surface area contributed by atoms with Crippen LogP contribution in [0, 0.1) is 0 Å². The molecule has 7 heteroatoms. The van der Waals surface area contributed by atoms with E-state index in [1.165, 1.54) is 28.1 Å². The van der Waals surface area contributed by atoms with Gasteiger partial charge in [-0.25, -0.2) is 0 Å². The first kappa shape index (κ1) is 13.2. The number of carbonyl (C=O) groups excluding carboxylic acids is 1. The highest BCUT2D eigenvalue weighted by Crippen LogP contribution is 2.16. The molecule has 90 valence electrons. The van der Waals surface area contributed by atoms with Crippen LogP contribution in [0.4, 0.5) is 0 Å². The number of nitrogen functional groups attached to an aromatic ring is 1. The second kappa shape index (κ2) is 5.44. The number of nitrogens with two attached hydrogens (primary N) is 1. The van der Waals surface area contributed by atoms with Crippen LogP contribution < -0.4 is 27.5 Å². The van der Waals surface area contributed by atoms with Crippen molar-refractivity contribution < 1.29 is 31.6 Å². The van der Waals surface area contributed by atoms with E-state index in [-0.39, 0.29) is 40.6 Å². The van der Waals surface area contributed by atoms with Gasteiger partial charge in [-0.1, -0.05) is 12.1 Å². The van der Waals surface area contributed by atoms with Gasteiger partial charge >= 0.3 is 0 Å². The Balaban J connectivity index is 0.00000144. The number of phenols is 1. The number of nitrogens with zero attached hydrogens (tertiary/aromatic N) is 3. The summed E-state index contributed by atoms with van der Waals surface area (Å²) < 4.78 is 2.65. The van der Waals surface area contributed by atoms with Crippen molar-refractivity contribution in [3.63, 3.8) is 0 Å². The molecule has 0 saturated heterocycles. The van der Waals surface area contributed by atoms with E-state index in [0.717, 1.165) is 0 Å². The van der Waals surface area contributed by atoms with Gasteiger partial charge in [-0.2, -0.15) is 0 Å². The molecule has 1 aromatic carbocycles. The summed E-state index contributed by atoms with van der Waals surface area (Å²) in [7, 11) is 0. The predicted molar refractivity (Wildman–Crippen MR) is 55.0 cm³/mol. The van der Waals surface area contributed by atoms with E-state index in [9.17, 15) is 9.90 Å². The number of hydrogen-bond donors (Lipinski definition) is 2. The third-order valence-corrected chi connectivity index (χ3v) is 2.11. The summed E-state index contributed by atoms with van der Waals surface area (Å²) in [4.78, 5) is 11.8. The third kappa shape index (κ3) is 3.04. The molecule has 0 spiro atoms. The van der Waals surface area contributed by atoms with Gasteiger partial charge in [-0.3, -0.25) is 10.6 Å².